The van der Waals surface area contributed by atoms with Crippen molar-refractivity contribution < 1.29 is 92.4 Å². The van der Waals surface area contributed by atoms with Gasteiger partial charge < -0.3 is 14.6 Å². The molecule has 0 aliphatic rings. The highest BCUT2D eigenvalue weighted by molar-refractivity contribution is 7.99. The fraction of sp³-hybridized carbons (Fsp3) is 0.205. The SMILES string of the molecule is COc1cc(N=Nc2cc(OCCCS(=O)(=O)O)c(N=Nc3c(C)c(C#N)c4nc5c(Cl)ccc(S(=O)(=O)O)c5n4c3O)cc2C)c(SCCCS(=O)(=O)O)cc1N=Nc1nc2c(S(=O)(=O)O)cc3c(S(=O)(=O)O)cc(S(=O)(=O)O)cc3c2s1. The first-order valence-electron chi connectivity index (χ1n) is 22.8. The number of nitriles is 1. The van der Waals surface area contributed by atoms with Gasteiger partial charge >= 0.3 is 0 Å². The van der Waals surface area contributed by atoms with Crippen LogP contribution in [0.3, 0.4) is 0 Å². The average molecular weight is 1330 g/mol. The third-order valence-corrected chi connectivity index (χ3v) is 19.2. The van der Waals surface area contributed by atoms with Gasteiger partial charge in [-0.15, -0.1) is 37.3 Å². The molecule has 0 unspecified atom stereocenters. The van der Waals surface area contributed by atoms with Crippen LogP contribution in [0.5, 0.6) is 17.4 Å². The van der Waals surface area contributed by atoms with Crippen molar-refractivity contribution in [2.75, 3.05) is 31.0 Å². The van der Waals surface area contributed by atoms with Crippen LogP contribution >= 0.6 is 34.7 Å². The first-order chi connectivity index (χ1) is 39.0. The number of halogens is 1. The van der Waals surface area contributed by atoms with Gasteiger partial charge in [-0.25, -0.2) is 9.97 Å². The molecule has 0 saturated heterocycles. The molecule has 8 rings (SSSR count). The van der Waals surface area contributed by atoms with E-state index in [4.69, 9.17) is 21.1 Å². The predicted molar refractivity (Wildman–Crippen MR) is 300 cm³/mol. The van der Waals surface area contributed by atoms with Gasteiger partial charge in [0, 0.05) is 33.4 Å². The molecule has 0 spiro atoms. The molecule has 444 valence electrons. The predicted octanol–water partition coefficient (Wildman–Crippen LogP) is 9.37. The molecule has 0 aliphatic carbocycles. The number of imidazole rings is 1. The number of aromatic nitrogens is 3. The number of methoxy groups -OCH3 is 1. The summed E-state index contributed by atoms with van der Waals surface area (Å²) in [6.45, 7) is 2.55. The smallest absolute Gasteiger partial charge is 0.296 e. The summed E-state index contributed by atoms with van der Waals surface area (Å²) in [4.78, 5) is 4.68. The number of ether oxygens (including phenoxy) is 2. The van der Waals surface area contributed by atoms with E-state index < -0.39 is 125 Å². The van der Waals surface area contributed by atoms with Crippen molar-refractivity contribution >= 4 is 167 Å². The highest BCUT2D eigenvalue weighted by atomic mass is 35.5. The van der Waals surface area contributed by atoms with E-state index in [1.807, 2.05) is 6.07 Å². The van der Waals surface area contributed by atoms with Crippen molar-refractivity contribution in [1.29, 1.82) is 5.26 Å². The summed E-state index contributed by atoms with van der Waals surface area (Å²) in [6, 6.07) is 11.1. The van der Waals surface area contributed by atoms with E-state index in [0.717, 1.165) is 34.4 Å². The summed E-state index contributed by atoms with van der Waals surface area (Å²) < 4.78 is 216. The van der Waals surface area contributed by atoms with Crippen molar-refractivity contribution in [3.05, 3.63) is 76.3 Å². The third kappa shape index (κ3) is 13.7. The minimum atomic E-state index is -5.33. The van der Waals surface area contributed by atoms with Gasteiger partial charge in [-0.05, 0) is 80.5 Å². The van der Waals surface area contributed by atoms with Gasteiger partial charge in [-0.1, -0.05) is 22.9 Å². The lowest BCUT2D eigenvalue weighted by Gasteiger charge is -2.12. The summed E-state index contributed by atoms with van der Waals surface area (Å²) in [5.74, 6) is -2.40. The maximum Gasteiger partial charge on any atom is 0.296 e. The molecule has 3 aromatic heterocycles. The Labute approximate surface area is 487 Å². The molecular weight excluding hydrogens is 1300 g/mol. The van der Waals surface area contributed by atoms with Gasteiger partial charge in [0.15, 0.2) is 11.3 Å². The summed E-state index contributed by atoms with van der Waals surface area (Å²) in [5.41, 5.74) is -1.89. The number of aromatic hydroxyl groups is 1. The van der Waals surface area contributed by atoms with Crippen LogP contribution in [0.25, 0.3) is 37.7 Å². The van der Waals surface area contributed by atoms with E-state index >= 15 is 0 Å². The number of thioether (sulfide) groups is 1. The second-order valence-corrected chi connectivity index (χ2v) is 28.7. The zero-order valence-electron chi connectivity index (χ0n) is 42.4. The van der Waals surface area contributed by atoms with Crippen molar-refractivity contribution in [2.24, 2.45) is 30.7 Å². The Bertz CT molecular complexity index is 4970. The maximum absolute atomic E-state index is 12.6. The molecule has 0 radical (unpaired) electrons. The number of azo groups is 3. The summed E-state index contributed by atoms with van der Waals surface area (Å²) in [5, 5.41) is 45.9. The summed E-state index contributed by atoms with van der Waals surface area (Å²) >= 11 is 7.81. The standard InChI is InChI=1S/C44H37ClN10O21S8/c1-20-12-28(50-53-37-21(2)25(19-46)42-47-38-26(45)6-7-34(82(66,67)68)40(38)55(42)43(37)56)32(76-8-4-10-79(57,58)59)16-27(20)49-52-30-17-31(75-3)29(18-33(30)77-9-5-11-80(60,61)62)51-54-44-48-39-36(84(72,73)74)15-23-24(41(39)78-44)13-22(81(63,64)65)14-35(23)83(69,70)71/h6-7,12-18,56H,4-5,8-11H2,1-3H3,(H,57,58,59)(H,60,61,62)(H,63,64,65)(H,66,67,68)(H,69,70,71)(H,72,73,74). The molecule has 5 aromatic carbocycles. The molecule has 0 amide bonds. The highest BCUT2D eigenvalue weighted by Crippen LogP contribution is 2.47. The van der Waals surface area contributed by atoms with E-state index in [9.17, 15) is 88.2 Å². The van der Waals surface area contributed by atoms with Crippen molar-refractivity contribution in [3.8, 4) is 23.4 Å². The fourth-order valence-electron chi connectivity index (χ4n) is 8.01. The number of aryl methyl sites for hydroxylation is 1. The molecule has 84 heavy (non-hydrogen) atoms. The van der Waals surface area contributed by atoms with Gasteiger partial charge in [0.05, 0.1) is 51.0 Å². The van der Waals surface area contributed by atoms with E-state index in [1.54, 1.807) is 0 Å². The Morgan fingerprint density at radius 3 is 1.89 bits per heavy atom. The quantitative estimate of drug-likeness (QED) is 0.0152. The van der Waals surface area contributed by atoms with Crippen molar-refractivity contribution in [1.82, 2.24) is 14.4 Å². The number of benzene rings is 5. The van der Waals surface area contributed by atoms with E-state index in [-0.39, 0.29) is 102 Å². The van der Waals surface area contributed by atoms with E-state index in [1.165, 1.54) is 45.2 Å². The first-order valence-corrected chi connectivity index (χ1v) is 34.0. The van der Waals surface area contributed by atoms with Gasteiger partial charge in [0.2, 0.25) is 11.0 Å². The van der Waals surface area contributed by atoms with Crippen LogP contribution in [0, 0.1) is 25.2 Å². The first kappa shape index (κ1) is 63.0. The monoisotopic (exact) mass is 1330 g/mol. The Hall–Kier alpha value is -7.01. The average Bonchev–Trinajstić information content (AvgIpc) is 1.59. The topological polar surface area (TPSA) is 493 Å². The Balaban J connectivity index is 1.23. The molecule has 7 N–H and O–H groups in total. The Kier molecular flexibility index (Phi) is 17.6. The normalized spacial score (nSPS) is 13.2. The number of fused-ring (bicyclic) bond motifs is 6. The maximum atomic E-state index is 12.6. The number of pyridine rings is 1. The minimum Gasteiger partial charge on any atom is -0.494 e. The van der Waals surface area contributed by atoms with Crippen LogP contribution in [0.15, 0.2) is 110 Å². The molecular formula is C44H37ClN10O21S8. The third-order valence-electron chi connectivity index (χ3n) is 11.7. The summed E-state index contributed by atoms with van der Waals surface area (Å²) in [6.07, 6.45) is -0.361. The van der Waals surface area contributed by atoms with Crippen LogP contribution < -0.4 is 9.47 Å². The van der Waals surface area contributed by atoms with Crippen LogP contribution in [-0.2, 0) is 60.7 Å². The van der Waals surface area contributed by atoms with Gasteiger partial charge in [0.1, 0.15) is 65.9 Å². The van der Waals surface area contributed by atoms with E-state index in [0.29, 0.717) is 29.0 Å². The highest BCUT2D eigenvalue weighted by Gasteiger charge is 2.29. The fourth-order valence-corrected chi connectivity index (χ4v) is 14.0. The number of thiazole rings is 1. The van der Waals surface area contributed by atoms with Crippen molar-refractivity contribution in [2.45, 2.75) is 51.2 Å². The van der Waals surface area contributed by atoms with Crippen LogP contribution in [-0.4, -0.2) is 128 Å². The van der Waals surface area contributed by atoms with Gasteiger partial charge in [0.25, 0.3) is 60.7 Å². The molecule has 0 fully saturated rings. The summed E-state index contributed by atoms with van der Waals surface area (Å²) in [7, 11) is -28.4. The van der Waals surface area contributed by atoms with Gasteiger partial charge in [-0.3, -0.25) is 31.7 Å². The Morgan fingerprint density at radius 1 is 0.667 bits per heavy atom. The van der Waals surface area contributed by atoms with Crippen LogP contribution in [0.1, 0.15) is 29.5 Å². The van der Waals surface area contributed by atoms with Gasteiger partial charge in [-0.2, -0.15) is 60.9 Å². The zero-order chi connectivity index (χ0) is 61.8. The van der Waals surface area contributed by atoms with Crippen LogP contribution in [0.4, 0.5) is 33.6 Å². The van der Waals surface area contributed by atoms with Crippen molar-refractivity contribution in [3.63, 3.8) is 0 Å². The second-order valence-electron chi connectivity index (χ2n) is 17.4. The molecule has 0 bridgehead atoms. The molecule has 8 aromatic rings. The zero-order valence-corrected chi connectivity index (χ0v) is 49.7. The van der Waals surface area contributed by atoms with E-state index in [2.05, 4.69) is 40.7 Å². The molecule has 31 nitrogen and oxygen atoms in total. The number of hydrogen-bond donors (Lipinski definition) is 7. The number of rotatable bonds is 21. The lowest BCUT2D eigenvalue weighted by Crippen LogP contribution is -2.08. The molecule has 40 heteroatoms. The molecule has 0 atom stereocenters. The second kappa shape index (κ2) is 23.5. The largest absolute Gasteiger partial charge is 0.494 e. The number of hydrogen-bond acceptors (Lipinski definition) is 26. The lowest BCUT2D eigenvalue weighted by atomic mass is 10.1. The van der Waals surface area contributed by atoms with Crippen LogP contribution in [0.2, 0.25) is 5.02 Å². The molecule has 0 aliphatic heterocycles. The minimum absolute atomic E-state index is 0.00327. The number of nitrogens with zero attached hydrogens (tertiary/aromatic N) is 10. The lowest BCUT2D eigenvalue weighted by molar-refractivity contribution is 0.317. The molecule has 3 heterocycles. The Morgan fingerprint density at radius 2 is 1.27 bits per heavy atom. The molecule has 0 saturated carbocycles.